The molecule has 1 unspecified atom stereocenters. The van der Waals surface area contributed by atoms with Crippen LogP contribution in [0.3, 0.4) is 0 Å². The molecule has 1 fully saturated rings. The Kier molecular flexibility index (Phi) is 8.68. The van der Waals surface area contributed by atoms with Gasteiger partial charge in [-0.25, -0.2) is 0 Å². The summed E-state index contributed by atoms with van der Waals surface area (Å²) in [7, 11) is 0. The number of amides is 3. The molecule has 0 spiro atoms. The van der Waals surface area contributed by atoms with Gasteiger partial charge in [0.2, 0.25) is 11.8 Å². The van der Waals surface area contributed by atoms with E-state index in [4.69, 9.17) is 4.74 Å². The van der Waals surface area contributed by atoms with Gasteiger partial charge in [0.15, 0.2) is 0 Å². The van der Waals surface area contributed by atoms with E-state index in [0.717, 1.165) is 29.9 Å². The first kappa shape index (κ1) is 29.0. The van der Waals surface area contributed by atoms with Crippen LogP contribution in [0, 0.1) is 12.8 Å². The van der Waals surface area contributed by atoms with E-state index >= 15 is 0 Å². The molecule has 1 saturated heterocycles. The molecule has 3 amide bonds. The fourth-order valence-corrected chi connectivity index (χ4v) is 5.46. The van der Waals surface area contributed by atoms with Crippen LogP contribution < -0.4 is 15.1 Å². The van der Waals surface area contributed by atoms with Gasteiger partial charge in [-0.2, -0.15) is 0 Å². The number of aryl methyl sites for hydroxylation is 1. The van der Waals surface area contributed by atoms with Crippen LogP contribution in [0.1, 0.15) is 35.3 Å². The number of rotatable bonds is 9. The number of para-hydroxylation sites is 1. The maximum absolute atomic E-state index is 14.0. The first-order chi connectivity index (χ1) is 20.2. The van der Waals surface area contributed by atoms with E-state index in [0.29, 0.717) is 24.6 Å². The van der Waals surface area contributed by atoms with Crippen molar-refractivity contribution in [3.63, 3.8) is 0 Å². The van der Waals surface area contributed by atoms with E-state index in [-0.39, 0.29) is 30.5 Å². The average Bonchev–Trinajstić information content (AvgIpc) is 3.23. The van der Waals surface area contributed by atoms with Crippen LogP contribution in [0.2, 0.25) is 0 Å². The third-order valence-corrected chi connectivity index (χ3v) is 7.71. The van der Waals surface area contributed by atoms with Crippen molar-refractivity contribution in [2.75, 3.05) is 48.0 Å². The van der Waals surface area contributed by atoms with E-state index < -0.39 is 23.6 Å². The summed E-state index contributed by atoms with van der Waals surface area (Å²) in [6.45, 7) is 8.57. The first-order valence-corrected chi connectivity index (χ1v) is 14.3. The van der Waals surface area contributed by atoms with Crippen LogP contribution in [0.25, 0.3) is 0 Å². The van der Waals surface area contributed by atoms with E-state index in [1.165, 1.54) is 9.80 Å². The number of hydrogen-bond acceptors (Lipinski definition) is 6. The van der Waals surface area contributed by atoms with Crippen molar-refractivity contribution in [2.24, 2.45) is 5.92 Å². The number of nitrogens with one attached hydrogen (secondary N) is 1. The molecule has 2 heterocycles. The van der Waals surface area contributed by atoms with Crippen LogP contribution >= 0.6 is 0 Å². The molecule has 2 aliphatic rings. The monoisotopic (exact) mass is 568 g/mol. The molecule has 3 aromatic rings. The maximum Gasteiger partial charge on any atom is 0.299 e. The third kappa shape index (κ3) is 6.21. The Morgan fingerprint density at radius 3 is 2.26 bits per heavy atom. The lowest BCUT2D eigenvalue weighted by Gasteiger charge is -2.35. The molecule has 1 atom stereocenters. The van der Waals surface area contributed by atoms with Crippen LogP contribution in [0.5, 0.6) is 0 Å². The highest BCUT2D eigenvalue weighted by atomic mass is 16.5. The highest BCUT2D eigenvalue weighted by Gasteiger charge is 2.39. The highest BCUT2D eigenvalue weighted by molar-refractivity contribution is 6.52. The van der Waals surface area contributed by atoms with E-state index in [1.54, 1.807) is 24.3 Å². The number of Topliss-reactive ketones (excluding diaryl/α,β-unsaturated/α-hetero) is 1. The Balaban J connectivity index is 1.39. The molecule has 5 rings (SSSR count). The lowest BCUT2D eigenvalue weighted by molar-refractivity contribution is -0.140. The number of ether oxygens (including phenoxy) is 1. The highest BCUT2D eigenvalue weighted by Crippen LogP contribution is 2.29. The summed E-state index contributed by atoms with van der Waals surface area (Å²) in [5, 5.41) is 3.00. The molecule has 0 bridgehead atoms. The third-order valence-electron chi connectivity index (χ3n) is 7.71. The van der Waals surface area contributed by atoms with Gasteiger partial charge in [0.1, 0.15) is 12.6 Å². The number of anilines is 3. The van der Waals surface area contributed by atoms with Gasteiger partial charge >= 0.3 is 0 Å². The summed E-state index contributed by atoms with van der Waals surface area (Å²) in [5.41, 5.74) is 4.29. The van der Waals surface area contributed by atoms with Crippen molar-refractivity contribution in [3.8, 4) is 0 Å². The van der Waals surface area contributed by atoms with E-state index in [2.05, 4.69) is 10.2 Å². The van der Waals surface area contributed by atoms with Gasteiger partial charge in [-0.1, -0.05) is 55.8 Å². The number of nitrogens with zero attached hydrogens (tertiary/aromatic N) is 3. The number of ketones is 1. The van der Waals surface area contributed by atoms with Crippen molar-refractivity contribution in [3.05, 3.63) is 89.5 Å². The number of fused-ring (bicyclic) bond motifs is 1. The zero-order valence-electron chi connectivity index (χ0n) is 24.2. The second kappa shape index (κ2) is 12.6. The fraction of sp³-hybridized carbons (Fsp3) is 0.333. The summed E-state index contributed by atoms with van der Waals surface area (Å²) in [6.07, 6.45) is 0. The number of hydrogen-bond donors (Lipinski definition) is 1. The molecule has 9 nitrogen and oxygen atoms in total. The van der Waals surface area contributed by atoms with Crippen molar-refractivity contribution >= 4 is 40.6 Å². The first-order valence-electron chi connectivity index (χ1n) is 14.3. The molecular formula is C33H36N4O5. The minimum absolute atomic E-state index is 0.170. The molecular weight excluding hydrogens is 532 g/mol. The van der Waals surface area contributed by atoms with Gasteiger partial charge in [0.05, 0.1) is 24.5 Å². The Bertz CT molecular complexity index is 1460. The van der Waals surface area contributed by atoms with Crippen LogP contribution in [0.4, 0.5) is 17.1 Å². The summed E-state index contributed by atoms with van der Waals surface area (Å²) >= 11 is 0. The minimum atomic E-state index is -0.832. The molecule has 0 aromatic heterocycles. The van der Waals surface area contributed by atoms with Crippen LogP contribution in [-0.4, -0.2) is 67.3 Å². The van der Waals surface area contributed by atoms with Crippen molar-refractivity contribution in [1.82, 2.24) is 4.90 Å². The predicted molar refractivity (Wildman–Crippen MR) is 162 cm³/mol. The topological polar surface area (TPSA) is 99.3 Å². The van der Waals surface area contributed by atoms with Crippen molar-refractivity contribution in [1.29, 1.82) is 0 Å². The zero-order chi connectivity index (χ0) is 29.8. The van der Waals surface area contributed by atoms with Crippen LogP contribution in [0.15, 0.2) is 72.8 Å². The number of morpholine rings is 1. The fourth-order valence-electron chi connectivity index (χ4n) is 5.46. The van der Waals surface area contributed by atoms with Gasteiger partial charge in [-0.05, 0) is 54.8 Å². The quantitative estimate of drug-likeness (QED) is 0.391. The Morgan fingerprint density at radius 2 is 1.60 bits per heavy atom. The lowest BCUT2D eigenvalue weighted by Crippen LogP contribution is -2.53. The molecule has 0 radical (unpaired) electrons. The van der Waals surface area contributed by atoms with Crippen LogP contribution in [-0.2, 0) is 25.7 Å². The van der Waals surface area contributed by atoms with E-state index in [9.17, 15) is 19.2 Å². The van der Waals surface area contributed by atoms with Crippen molar-refractivity contribution in [2.45, 2.75) is 33.4 Å². The predicted octanol–water partition coefficient (Wildman–Crippen LogP) is 4.05. The second-order valence-corrected chi connectivity index (χ2v) is 11.1. The molecule has 0 saturated carbocycles. The van der Waals surface area contributed by atoms with Gasteiger partial charge < -0.3 is 19.9 Å². The Morgan fingerprint density at radius 1 is 0.929 bits per heavy atom. The molecule has 2 aliphatic heterocycles. The smallest absolute Gasteiger partial charge is 0.299 e. The number of carbonyl (C=O) groups is 4. The summed E-state index contributed by atoms with van der Waals surface area (Å²) < 4.78 is 5.44. The molecule has 218 valence electrons. The second-order valence-electron chi connectivity index (χ2n) is 11.1. The van der Waals surface area contributed by atoms with Gasteiger partial charge in [0, 0.05) is 31.0 Å². The summed E-state index contributed by atoms with van der Waals surface area (Å²) in [6, 6.07) is 21.2. The molecule has 1 N–H and O–H groups in total. The Labute approximate surface area is 246 Å². The number of carbonyl (C=O) groups excluding carboxylic acids is 4. The summed E-state index contributed by atoms with van der Waals surface area (Å²) in [4.78, 5) is 58.2. The summed E-state index contributed by atoms with van der Waals surface area (Å²) in [5.74, 6) is -2.37. The molecule has 42 heavy (non-hydrogen) atoms. The maximum atomic E-state index is 14.0. The molecule has 0 aliphatic carbocycles. The Hall–Kier alpha value is -4.50. The van der Waals surface area contributed by atoms with E-state index in [1.807, 2.05) is 69.3 Å². The van der Waals surface area contributed by atoms with Gasteiger partial charge in [-0.15, -0.1) is 0 Å². The largest absolute Gasteiger partial charge is 0.378 e. The van der Waals surface area contributed by atoms with Gasteiger partial charge in [0.25, 0.3) is 11.7 Å². The molecule has 9 heteroatoms. The molecule has 3 aromatic carbocycles. The average molecular weight is 569 g/mol. The lowest BCUT2D eigenvalue weighted by atomic mass is 9.99. The minimum Gasteiger partial charge on any atom is -0.378 e. The van der Waals surface area contributed by atoms with Crippen molar-refractivity contribution < 1.29 is 23.9 Å². The zero-order valence-corrected chi connectivity index (χ0v) is 24.2. The number of benzene rings is 3. The normalized spacial score (nSPS) is 15.5. The SMILES string of the molecule is Cc1ccc(CN(C(=O)CN2C(=O)C(=O)c3ccccc32)C(C(=O)Nc2ccc(N3CCOCC3)cc2)C(C)C)cc1. The standard InChI is InChI=1S/C33H36N4O5/c1-22(2)30(32(40)34-25-12-14-26(15-13-25)35-16-18-42-19-17-35)37(20-24-10-8-23(3)9-11-24)29(38)21-36-28-7-5-4-6-27(28)31(39)33(36)41/h4-15,22,30H,16-21H2,1-3H3,(H,34,40). The van der Waals surface area contributed by atoms with Gasteiger partial charge in [-0.3, -0.25) is 24.1 Å².